The summed E-state index contributed by atoms with van der Waals surface area (Å²) >= 11 is 0. The van der Waals surface area contributed by atoms with Gasteiger partial charge in [-0.1, -0.05) is 0 Å². The summed E-state index contributed by atoms with van der Waals surface area (Å²) in [5.41, 5.74) is 0. The highest BCUT2D eigenvalue weighted by Gasteiger charge is 2.31. The van der Waals surface area contributed by atoms with Crippen molar-refractivity contribution in [2.75, 3.05) is 7.11 Å². The Morgan fingerprint density at radius 2 is 1.85 bits per heavy atom. The van der Waals surface area contributed by atoms with E-state index in [1.54, 1.807) is 7.11 Å². The standard InChI is InChI=1S/C9H16N2O2/c1-13-8-4-7(5-8)11-9(12)10-6-2-3-6/h6-8H,2-5H2,1H3,(H2,10,11,12). The number of carbonyl (C=O) groups is 1. The van der Waals surface area contributed by atoms with E-state index in [1.807, 2.05) is 0 Å². The first kappa shape index (κ1) is 8.81. The van der Waals surface area contributed by atoms with Gasteiger partial charge in [0.25, 0.3) is 0 Å². The Balaban J connectivity index is 1.59. The van der Waals surface area contributed by atoms with Gasteiger partial charge in [0.05, 0.1) is 6.10 Å². The number of rotatable bonds is 3. The van der Waals surface area contributed by atoms with E-state index in [2.05, 4.69) is 10.6 Å². The van der Waals surface area contributed by atoms with Crippen LogP contribution in [0.25, 0.3) is 0 Å². The molecule has 2 fully saturated rings. The highest BCUT2D eigenvalue weighted by molar-refractivity contribution is 5.75. The molecule has 0 radical (unpaired) electrons. The van der Waals surface area contributed by atoms with Gasteiger partial charge in [0.2, 0.25) is 0 Å². The van der Waals surface area contributed by atoms with Crippen LogP contribution in [0.1, 0.15) is 25.7 Å². The number of carbonyl (C=O) groups excluding carboxylic acids is 1. The van der Waals surface area contributed by atoms with Gasteiger partial charge in [-0.05, 0) is 25.7 Å². The van der Waals surface area contributed by atoms with Crippen molar-refractivity contribution in [3.05, 3.63) is 0 Å². The minimum Gasteiger partial charge on any atom is -0.381 e. The second-order valence-electron chi connectivity index (χ2n) is 3.92. The summed E-state index contributed by atoms with van der Waals surface area (Å²) in [5.74, 6) is 0. The summed E-state index contributed by atoms with van der Waals surface area (Å²) in [4.78, 5) is 11.2. The molecule has 2 N–H and O–H groups in total. The number of hydrogen-bond donors (Lipinski definition) is 2. The van der Waals surface area contributed by atoms with Crippen LogP contribution in [0.4, 0.5) is 4.79 Å². The zero-order valence-corrected chi connectivity index (χ0v) is 7.88. The van der Waals surface area contributed by atoms with E-state index in [-0.39, 0.29) is 6.03 Å². The van der Waals surface area contributed by atoms with Gasteiger partial charge in [-0.3, -0.25) is 0 Å². The number of hydrogen-bond acceptors (Lipinski definition) is 2. The molecule has 2 aliphatic carbocycles. The first-order valence-corrected chi connectivity index (χ1v) is 4.87. The molecule has 0 atom stereocenters. The van der Waals surface area contributed by atoms with Crippen LogP contribution in [-0.4, -0.2) is 31.3 Å². The van der Waals surface area contributed by atoms with Crippen LogP contribution >= 0.6 is 0 Å². The number of methoxy groups -OCH3 is 1. The lowest BCUT2D eigenvalue weighted by molar-refractivity contribution is 0.0205. The Morgan fingerprint density at radius 3 is 2.38 bits per heavy atom. The topological polar surface area (TPSA) is 50.4 Å². The average molecular weight is 184 g/mol. The molecular formula is C9H16N2O2. The second kappa shape index (κ2) is 3.54. The van der Waals surface area contributed by atoms with E-state index in [0.29, 0.717) is 18.2 Å². The van der Waals surface area contributed by atoms with Gasteiger partial charge in [0.15, 0.2) is 0 Å². The zero-order chi connectivity index (χ0) is 9.26. The predicted octanol–water partition coefficient (Wildman–Crippen LogP) is 0.625. The van der Waals surface area contributed by atoms with Gasteiger partial charge in [-0.2, -0.15) is 0 Å². The SMILES string of the molecule is COC1CC(NC(=O)NC2CC2)C1. The molecule has 0 saturated heterocycles. The molecule has 4 heteroatoms. The van der Waals surface area contributed by atoms with Crippen molar-refractivity contribution in [3.63, 3.8) is 0 Å². The first-order chi connectivity index (χ1) is 6.28. The van der Waals surface area contributed by atoms with Gasteiger partial charge >= 0.3 is 6.03 Å². The molecule has 0 spiro atoms. The summed E-state index contributed by atoms with van der Waals surface area (Å²) in [6, 6.07) is 0.754. The molecule has 4 nitrogen and oxygen atoms in total. The van der Waals surface area contributed by atoms with Gasteiger partial charge in [-0.25, -0.2) is 4.79 Å². The highest BCUT2D eigenvalue weighted by Crippen LogP contribution is 2.23. The van der Waals surface area contributed by atoms with Crippen LogP contribution in [0.15, 0.2) is 0 Å². The Hall–Kier alpha value is -0.770. The van der Waals surface area contributed by atoms with Crippen LogP contribution < -0.4 is 10.6 Å². The Kier molecular flexibility index (Phi) is 2.40. The Labute approximate surface area is 78.0 Å². The van der Waals surface area contributed by atoms with Crippen molar-refractivity contribution >= 4 is 6.03 Å². The minimum absolute atomic E-state index is 0.0120. The molecule has 0 aliphatic heterocycles. The Morgan fingerprint density at radius 1 is 1.23 bits per heavy atom. The molecule has 0 unspecified atom stereocenters. The van der Waals surface area contributed by atoms with Gasteiger partial charge in [0.1, 0.15) is 0 Å². The second-order valence-corrected chi connectivity index (χ2v) is 3.92. The number of urea groups is 1. The van der Waals surface area contributed by atoms with Crippen LogP contribution in [0, 0.1) is 0 Å². The molecular weight excluding hydrogens is 168 g/mol. The van der Waals surface area contributed by atoms with E-state index in [9.17, 15) is 4.79 Å². The van der Waals surface area contributed by atoms with Gasteiger partial charge in [0, 0.05) is 19.2 Å². The molecule has 0 aromatic carbocycles. The predicted molar refractivity (Wildman–Crippen MR) is 48.5 cm³/mol. The van der Waals surface area contributed by atoms with Crippen molar-refractivity contribution < 1.29 is 9.53 Å². The molecule has 0 bridgehead atoms. The molecule has 2 amide bonds. The molecule has 0 heterocycles. The molecule has 2 aliphatic rings. The summed E-state index contributed by atoms with van der Waals surface area (Å²) < 4.78 is 5.12. The van der Waals surface area contributed by atoms with E-state index in [4.69, 9.17) is 4.74 Å². The summed E-state index contributed by atoms with van der Waals surface area (Å²) in [5, 5.41) is 5.82. The molecule has 0 aromatic rings. The maximum absolute atomic E-state index is 11.2. The van der Waals surface area contributed by atoms with Crippen LogP contribution in [0.2, 0.25) is 0 Å². The fourth-order valence-electron chi connectivity index (χ4n) is 1.52. The van der Waals surface area contributed by atoms with Crippen LogP contribution in [0.3, 0.4) is 0 Å². The lowest BCUT2D eigenvalue weighted by Crippen LogP contribution is -2.51. The molecule has 0 aromatic heterocycles. The third kappa shape index (κ3) is 2.34. The lowest BCUT2D eigenvalue weighted by Gasteiger charge is -2.34. The molecule has 2 rings (SSSR count). The zero-order valence-electron chi connectivity index (χ0n) is 7.88. The maximum atomic E-state index is 11.2. The number of amides is 2. The number of ether oxygens (including phenoxy) is 1. The smallest absolute Gasteiger partial charge is 0.315 e. The van der Waals surface area contributed by atoms with E-state index in [1.165, 1.54) is 0 Å². The fraction of sp³-hybridized carbons (Fsp3) is 0.889. The quantitative estimate of drug-likeness (QED) is 0.675. The minimum atomic E-state index is -0.0120. The first-order valence-electron chi connectivity index (χ1n) is 4.87. The monoisotopic (exact) mass is 184 g/mol. The lowest BCUT2D eigenvalue weighted by atomic mass is 9.89. The maximum Gasteiger partial charge on any atom is 0.315 e. The number of nitrogens with one attached hydrogen (secondary N) is 2. The molecule has 13 heavy (non-hydrogen) atoms. The summed E-state index contributed by atoms with van der Waals surface area (Å²) in [6.45, 7) is 0. The van der Waals surface area contributed by atoms with Crippen molar-refractivity contribution in [2.45, 2.75) is 43.9 Å². The molecule has 74 valence electrons. The third-order valence-electron chi connectivity index (χ3n) is 2.68. The van der Waals surface area contributed by atoms with Crippen LogP contribution in [-0.2, 0) is 4.74 Å². The van der Waals surface area contributed by atoms with E-state index < -0.39 is 0 Å². The summed E-state index contributed by atoms with van der Waals surface area (Å²) in [6.07, 6.45) is 4.53. The normalized spacial score (nSPS) is 32.1. The van der Waals surface area contributed by atoms with E-state index in [0.717, 1.165) is 25.7 Å². The van der Waals surface area contributed by atoms with Crippen molar-refractivity contribution in [3.8, 4) is 0 Å². The van der Waals surface area contributed by atoms with E-state index >= 15 is 0 Å². The third-order valence-corrected chi connectivity index (χ3v) is 2.68. The summed E-state index contributed by atoms with van der Waals surface area (Å²) in [7, 11) is 1.71. The van der Waals surface area contributed by atoms with Gasteiger partial charge < -0.3 is 15.4 Å². The fourth-order valence-corrected chi connectivity index (χ4v) is 1.52. The average Bonchev–Trinajstić information content (AvgIpc) is 2.79. The van der Waals surface area contributed by atoms with Crippen molar-refractivity contribution in [1.29, 1.82) is 0 Å². The van der Waals surface area contributed by atoms with Crippen molar-refractivity contribution in [2.24, 2.45) is 0 Å². The molecule has 2 saturated carbocycles. The highest BCUT2D eigenvalue weighted by atomic mass is 16.5. The van der Waals surface area contributed by atoms with Crippen LogP contribution in [0.5, 0.6) is 0 Å². The Bertz CT molecular complexity index is 198. The van der Waals surface area contributed by atoms with Gasteiger partial charge in [-0.15, -0.1) is 0 Å². The van der Waals surface area contributed by atoms with Crippen molar-refractivity contribution in [1.82, 2.24) is 10.6 Å². The largest absolute Gasteiger partial charge is 0.381 e.